The van der Waals surface area contributed by atoms with E-state index < -0.39 is 0 Å². The van der Waals surface area contributed by atoms with Crippen LogP contribution in [0.15, 0.2) is 206 Å². The average molecular weight is 807 g/mol. The lowest BCUT2D eigenvalue weighted by Crippen LogP contribution is -2.03. The Morgan fingerprint density at radius 2 is 0.806 bits per heavy atom. The van der Waals surface area contributed by atoms with Gasteiger partial charge >= 0.3 is 0 Å². The summed E-state index contributed by atoms with van der Waals surface area (Å²) in [6, 6.07) is 73.7. The van der Waals surface area contributed by atoms with E-state index in [1.165, 1.54) is 79.9 Å². The van der Waals surface area contributed by atoms with Gasteiger partial charge in [0.15, 0.2) is 17.5 Å². The molecule has 0 spiro atoms. The van der Waals surface area contributed by atoms with Crippen molar-refractivity contribution in [2.75, 3.05) is 0 Å². The van der Waals surface area contributed by atoms with E-state index in [1.807, 2.05) is 29.5 Å². The lowest BCUT2D eigenvalue weighted by Gasteiger charge is -2.15. The zero-order chi connectivity index (χ0) is 40.7. The van der Waals surface area contributed by atoms with Crippen molar-refractivity contribution in [2.45, 2.75) is 0 Å². The summed E-state index contributed by atoms with van der Waals surface area (Å²) in [5, 5.41) is 12.3. The van der Waals surface area contributed by atoms with Crippen LogP contribution in [0.5, 0.6) is 0 Å². The Hall–Kier alpha value is -7.99. The number of thiophene rings is 1. The molecule has 0 saturated carbocycles. The van der Waals surface area contributed by atoms with Gasteiger partial charge in [0.25, 0.3) is 0 Å². The fourth-order valence-corrected chi connectivity index (χ4v) is 11.0. The third-order valence-electron chi connectivity index (χ3n) is 12.4. The van der Waals surface area contributed by atoms with Gasteiger partial charge in [0.05, 0.1) is 21.4 Å². The quantitative estimate of drug-likeness (QED) is 0.163. The van der Waals surface area contributed by atoms with E-state index in [4.69, 9.17) is 15.0 Å². The number of para-hydroxylation sites is 2. The minimum Gasteiger partial charge on any atom is -0.307 e. The van der Waals surface area contributed by atoms with Gasteiger partial charge in [-0.3, -0.25) is 0 Å². The molecule has 0 N–H and O–H groups in total. The lowest BCUT2D eigenvalue weighted by molar-refractivity contribution is 1.07. The number of hydrogen-bond donors (Lipinski definition) is 0. The van der Waals surface area contributed by atoms with Crippen molar-refractivity contribution < 1.29 is 0 Å². The molecule has 0 radical (unpaired) electrons. The van der Waals surface area contributed by atoms with Gasteiger partial charge in [0, 0.05) is 42.9 Å². The van der Waals surface area contributed by atoms with Crippen LogP contribution < -0.4 is 0 Å². The number of benzene rings is 10. The molecule has 0 aliphatic rings. The maximum absolute atomic E-state index is 5.39. The van der Waals surface area contributed by atoms with Crippen LogP contribution in [-0.4, -0.2) is 19.5 Å². The van der Waals surface area contributed by atoms with E-state index in [-0.39, 0.29) is 0 Å². The molecular weight excluding hydrogens is 773 g/mol. The summed E-state index contributed by atoms with van der Waals surface area (Å²) in [4.78, 5) is 15.9. The number of aromatic nitrogens is 4. The zero-order valence-corrected chi connectivity index (χ0v) is 34.1. The van der Waals surface area contributed by atoms with Crippen molar-refractivity contribution in [1.29, 1.82) is 0 Å². The highest BCUT2D eigenvalue weighted by Crippen LogP contribution is 2.46. The number of fused-ring (bicyclic) bond motifs is 13. The minimum atomic E-state index is 0.619. The standard InChI is InChI=1S/C57H34N4S/c1-3-16-35(17-4-1)38-26-15-27-46-47-33-32-45-44-24-11-13-28-50(44)61(52(45)54(47)62-53(38)46)51-29-14-12-25-48(51)57-59-55(36-18-5-2-6-19-36)58-56(60-57)37-30-31-43-41-22-8-7-20-39(41)40-21-9-10-23-42(40)49(43)34-37/h1-34H. The molecule has 0 aliphatic heterocycles. The molecular formula is C57H34N4S. The largest absolute Gasteiger partial charge is 0.307 e. The fraction of sp³-hybridized carbons (Fsp3) is 0. The first-order valence-electron chi connectivity index (χ1n) is 20.9. The lowest BCUT2D eigenvalue weighted by atomic mass is 9.93. The summed E-state index contributed by atoms with van der Waals surface area (Å²) in [5.41, 5.74) is 8.60. The summed E-state index contributed by atoms with van der Waals surface area (Å²) in [7, 11) is 0. The summed E-state index contributed by atoms with van der Waals surface area (Å²) < 4.78 is 4.99. The van der Waals surface area contributed by atoms with Gasteiger partial charge in [-0.05, 0) is 67.7 Å². The molecule has 13 rings (SSSR count). The Morgan fingerprint density at radius 3 is 1.55 bits per heavy atom. The summed E-state index contributed by atoms with van der Waals surface area (Å²) in [6.45, 7) is 0. The predicted octanol–water partition coefficient (Wildman–Crippen LogP) is 15.5. The van der Waals surface area contributed by atoms with Crippen molar-refractivity contribution in [1.82, 2.24) is 19.5 Å². The number of rotatable bonds is 5. The highest BCUT2D eigenvalue weighted by molar-refractivity contribution is 7.27. The molecule has 5 heteroatoms. The highest BCUT2D eigenvalue weighted by Gasteiger charge is 2.23. The third-order valence-corrected chi connectivity index (χ3v) is 13.7. The first-order chi connectivity index (χ1) is 30.8. The molecule has 0 bridgehead atoms. The second kappa shape index (κ2) is 13.8. The van der Waals surface area contributed by atoms with Gasteiger partial charge in [0.2, 0.25) is 0 Å². The number of nitrogens with zero attached hydrogens (tertiary/aromatic N) is 4. The predicted molar refractivity (Wildman–Crippen MR) is 261 cm³/mol. The maximum Gasteiger partial charge on any atom is 0.166 e. The Morgan fingerprint density at radius 1 is 0.306 bits per heavy atom. The van der Waals surface area contributed by atoms with Crippen LogP contribution in [-0.2, 0) is 0 Å². The van der Waals surface area contributed by atoms with Crippen LogP contribution in [0.25, 0.3) is 125 Å². The smallest absolute Gasteiger partial charge is 0.166 e. The minimum absolute atomic E-state index is 0.619. The topological polar surface area (TPSA) is 43.6 Å². The van der Waals surface area contributed by atoms with E-state index in [1.54, 1.807) is 0 Å². The zero-order valence-electron chi connectivity index (χ0n) is 33.3. The van der Waals surface area contributed by atoms with Crippen LogP contribution in [0.1, 0.15) is 0 Å². The van der Waals surface area contributed by atoms with Crippen LogP contribution in [0.4, 0.5) is 0 Å². The van der Waals surface area contributed by atoms with Gasteiger partial charge in [-0.15, -0.1) is 11.3 Å². The summed E-state index contributed by atoms with van der Waals surface area (Å²) in [6.07, 6.45) is 0. The first kappa shape index (κ1) is 34.8. The van der Waals surface area contributed by atoms with E-state index >= 15 is 0 Å². The molecule has 0 aliphatic carbocycles. The van der Waals surface area contributed by atoms with Crippen LogP contribution >= 0.6 is 11.3 Å². The van der Waals surface area contributed by atoms with Gasteiger partial charge in [-0.25, -0.2) is 15.0 Å². The molecule has 3 heterocycles. The third kappa shape index (κ3) is 5.29. The Labute approximate surface area is 360 Å². The molecule has 288 valence electrons. The normalized spacial score (nSPS) is 11.9. The Balaban J connectivity index is 1.07. The SMILES string of the molecule is c1ccc(-c2nc(-c3ccc4c5ccccc5c5ccccc5c4c3)nc(-c3ccccc3-n3c4ccccc4c4ccc5c6cccc(-c7ccccc7)c6sc5c43)n2)cc1. The first-order valence-corrected chi connectivity index (χ1v) is 21.8. The number of hydrogen-bond acceptors (Lipinski definition) is 4. The Bertz CT molecular complexity index is 3890. The molecule has 0 fully saturated rings. The van der Waals surface area contributed by atoms with Crippen molar-refractivity contribution >= 4 is 85.6 Å². The monoisotopic (exact) mass is 806 g/mol. The fourth-order valence-electron chi connectivity index (χ4n) is 9.65. The second-order valence-corrected chi connectivity index (χ2v) is 16.9. The van der Waals surface area contributed by atoms with Crippen molar-refractivity contribution in [3.63, 3.8) is 0 Å². The maximum atomic E-state index is 5.39. The molecule has 0 saturated heterocycles. The molecule has 62 heavy (non-hydrogen) atoms. The summed E-state index contributed by atoms with van der Waals surface area (Å²) >= 11 is 1.88. The molecule has 3 aromatic heterocycles. The van der Waals surface area contributed by atoms with E-state index in [2.05, 4.69) is 193 Å². The van der Waals surface area contributed by atoms with Gasteiger partial charge in [0.1, 0.15) is 0 Å². The second-order valence-electron chi connectivity index (χ2n) is 15.9. The summed E-state index contributed by atoms with van der Waals surface area (Å²) in [5.74, 6) is 1.88. The van der Waals surface area contributed by atoms with Crippen molar-refractivity contribution in [3.05, 3.63) is 206 Å². The van der Waals surface area contributed by atoms with Crippen molar-refractivity contribution in [3.8, 4) is 51.0 Å². The van der Waals surface area contributed by atoms with E-state index in [0.29, 0.717) is 17.5 Å². The molecule has 13 aromatic rings. The molecule has 10 aromatic carbocycles. The highest BCUT2D eigenvalue weighted by atomic mass is 32.1. The van der Waals surface area contributed by atoms with Gasteiger partial charge in [-0.1, -0.05) is 182 Å². The van der Waals surface area contributed by atoms with Gasteiger partial charge in [-0.2, -0.15) is 0 Å². The van der Waals surface area contributed by atoms with Crippen LogP contribution in [0.2, 0.25) is 0 Å². The van der Waals surface area contributed by atoms with E-state index in [0.717, 1.165) is 27.9 Å². The molecule has 0 unspecified atom stereocenters. The van der Waals surface area contributed by atoms with Crippen LogP contribution in [0.3, 0.4) is 0 Å². The van der Waals surface area contributed by atoms with Crippen LogP contribution in [0, 0.1) is 0 Å². The van der Waals surface area contributed by atoms with Crippen molar-refractivity contribution in [2.24, 2.45) is 0 Å². The Kier molecular flexibility index (Phi) is 7.74. The van der Waals surface area contributed by atoms with E-state index in [9.17, 15) is 0 Å². The average Bonchev–Trinajstić information content (AvgIpc) is 3.90. The van der Waals surface area contributed by atoms with Gasteiger partial charge < -0.3 is 4.57 Å². The molecule has 0 atom stereocenters. The molecule has 0 amide bonds. The molecule has 4 nitrogen and oxygen atoms in total.